The summed E-state index contributed by atoms with van der Waals surface area (Å²) in [7, 11) is -3.08. The van der Waals surface area contributed by atoms with Crippen LogP contribution in [0.2, 0.25) is 22.2 Å². The van der Waals surface area contributed by atoms with Crippen molar-refractivity contribution in [1.82, 2.24) is 0 Å². The molecule has 2 aromatic carbocycles. The third-order valence-electron chi connectivity index (χ3n) is 9.64. The van der Waals surface area contributed by atoms with E-state index in [0.717, 1.165) is 45.8 Å². The molecule has 0 radical (unpaired) electrons. The van der Waals surface area contributed by atoms with Crippen molar-refractivity contribution in [1.29, 1.82) is 0 Å². The molecule has 4 saturated heterocycles. The molecule has 0 aromatic heterocycles. The summed E-state index contributed by atoms with van der Waals surface area (Å²) in [5, 5.41) is 3.38. The molecule has 0 unspecified atom stereocenters. The van der Waals surface area contributed by atoms with Gasteiger partial charge in [-0.3, -0.25) is 0 Å². The van der Waals surface area contributed by atoms with E-state index in [0.29, 0.717) is 0 Å². The van der Waals surface area contributed by atoms with Crippen LogP contribution in [0.15, 0.2) is 85.2 Å². The fourth-order valence-corrected chi connectivity index (χ4v) is 24.4. The summed E-state index contributed by atoms with van der Waals surface area (Å²) in [5.41, 5.74) is 9.02. The number of rotatable bonds is 4. The molecule has 2 aromatic rings. The van der Waals surface area contributed by atoms with Gasteiger partial charge < -0.3 is 0 Å². The van der Waals surface area contributed by atoms with Crippen LogP contribution < -0.4 is 10.4 Å². The van der Waals surface area contributed by atoms with Crippen LogP contribution in [0.4, 0.5) is 0 Å². The highest BCUT2D eigenvalue weighted by Gasteiger charge is 2.96. The minimum absolute atomic E-state index is 1.00. The quantitative estimate of drug-likeness (QED) is 0.711. The molecule has 8 rings (SSSR count). The molecule has 6 fully saturated rings. The van der Waals surface area contributed by atoms with Crippen molar-refractivity contribution in [3.8, 4) is 0 Å². The standard InChI is InChI=1S/C24H24Si2/c1-3-25(15-11-7-5-8-12-15)21-17-18-22(25)20-19(21)23(17)26(4-2,24(18)20)16-13-9-6-10-14-16/h3-14,17-24H,1-2H2. The van der Waals surface area contributed by atoms with Gasteiger partial charge in [-0.15, -0.1) is 13.2 Å². The monoisotopic (exact) mass is 368 g/mol. The minimum Gasteiger partial charge on any atom is -0.107 e. The summed E-state index contributed by atoms with van der Waals surface area (Å²) in [6.45, 7) is 8.90. The molecule has 0 atom stereocenters. The van der Waals surface area contributed by atoms with Gasteiger partial charge in [-0.25, -0.2) is 0 Å². The maximum absolute atomic E-state index is 4.45. The van der Waals surface area contributed by atoms with E-state index >= 15 is 0 Å². The Bertz CT molecular complexity index is 825. The normalized spacial score (nSPS) is 53.2. The van der Waals surface area contributed by atoms with Crippen LogP contribution in [0.25, 0.3) is 0 Å². The molecule has 2 saturated carbocycles. The number of benzene rings is 2. The molecule has 0 amide bonds. The second kappa shape index (κ2) is 4.26. The van der Waals surface area contributed by atoms with Gasteiger partial charge in [0, 0.05) is 0 Å². The second-order valence-corrected chi connectivity index (χ2v) is 17.8. The Balaban J connectivity index is 1.39. The van der Waals surface area contributed by atoms with Crippen molar-refractivity contribution in [3.05, 3.63) is 85.2 Å². The highest BCUT2D eigenvalue weighted by molar-refractivity contribution is 7.05. The van der Waals surface area contributed by atoms with Crippen molar-refractivity contribution in [2.75, 3.05) is 0 Å². The van der Waals surface area contributed by atoms with Crippen molar-refractivity contribution in [2.24, 2.45) is 23.7 Å². The molecule has 0 spiro atoms. The topological polar surface area (TPSA) is 0 Å². The lowest BCUT2D eigenvalue weighted by Gasteiger charge is -2.59. The molecule has 128 valence electrons. The average Bonchev–Trinajstić information content (AvgIpc) is 3.19. The van der Waals surface area contributed by atoms with Gasteiger partial charge in [-0.05, 0) is 45.8 Å². The summed E-state index contributed by atoms with van der Waals surface area (Å²) in [6.07, 6.45) is 0. The predicted octanol–water partition coefficient (Wildman–Crippen LogP) is 4.16. The van der Waals surface area contributed by atoms with Gasteiger partial charge in [0.05, 0.1) is 0 Å². The number of hydrogen-bond acceptors (Lipinski definition) is 0. The molecule has 2 heteroatoms. The summed E-state index contributed by atoms with van der Waals surface area (Å²) in [4.78, 5) is 0. The van der Waals surface area contributed by atoms with Crippen LogP contribution in [0.3, 0.4) is 0 Å². The first-order valence-electron chi connectivity index (χ1n) is 10.2. The van der Waals surface area contributed by atoms with Gasteiger partial charge in [0.15, 0.2) is 0 Å². The van der Waals surface area contributed by atoms with Crippen molar-refractivity contribution >= 4 is 26.5 Å². The predicted molar refractivity (Wildman–Crippen MR) is 113 cm³/mol. The molecule has 26 heavy (non-hydrogen) atoms. The summed E-state index contributed by atoms with van der Waals surface area (Å²) < 4.78 is 0. The van der Waals surface area contributed by atoms with Crippen LogP contribution >= 0.6 is 0 Å². The molecular formula is C24H24Si2. The van der Waals surface area contributed by atoms with Gasteiger partial charge in [0.2, 0.25) is 0 Å². The van der Waals surface area contributed by atoms with E-state index in [1.807, 2.05) is 0 Å². The van der Waals surface area contributed by atoms with Gasteiger partial charge in [-0.1, -0.05) is 82.4 Å². The molecule has 4 heterocycles. The van der Waals surface area contributed by atoms with E-state index in [2.05, 4.69) is 85.2 Å². The van der Waals surface area contributed by atoms with Crippen molar-refractivity contribution in [2.45, 2.75) is 22.2 Å². The number of hydrogen-bond donors (Lipinski definition) is 0. The Morgan fingerprint density at radius 2 is 0.846 bits per heavy atom. The van der Waals surface area contributed by atoms with E-state index in [1.54, 1.807) is 10.4 Å². The highest BCUT2D eigenvalue weighted by Crippen LogP contribution is 2.99. The second-order valence-electron chi connectivity index (χ2n) is 9.42. The zero-order valence-electron chi connectivity index (χ0n) is 15.0. The fraction of sp³-hybridized carbons (Fsp3) is 0.333. The first-order chi connectivity index (χ1) is 12.8. The van der Waals surface area contributed by atoms with Gasteiger partial charge in [0.1, 0.15) is 16.1 Å². The lowest BCUT2D eigenvalue weighted by atomic mass is 9.45. The first-order valence-corrected chi connectivity index (χ1v) is 14.7. The molecule has 4 aliphatic heterocycles. The zero-order chi connectivity index (χ0) is 17.3. The average molecular weight is 369 g/mol. The van der Waals surface area contributed by atoms with E-state index in [9.17, 15) is 0 Å². The van der Waals surface area contributed by atoms with Crippen molar-refractivity contribution in [3.63, 3.8) is 0 Å². The third kappa shape index (κ3) is 1.10. The van der Waals surface area contributed by atoms with E-state index in [1.165, 1.54) is 0 Å². The summed E-state index contributed by atoms with van der Waals surface area (Å²) in [5.74, 6) is 4.04. The largest absolute Gasteiger partial charge is 0.116 e. The Labute approximate surface area is 157 Å². The minimum atomic E-state index is -1.54. The Morgan fingerprint density at radius 3 is 1.12 bits per heavy atom. The SMILES string of the molecule is C=C[Si]1(c2ccccc2)C2C3C4C1C1C2C3[Si](C=C)(c2ccccc2)C41. The van der Waals surface area contributed by atoms with Crippen LogP contribution in [0.5, 0.6) is 0 Å². The van der Waals surface area contributed by atoms with Crippen LogP contribution in [-0.4, -0.2) is 16.1 Å². The van der Waals surface area contributed by atoms with Crippen LogP contribution in [-0.2, 0) is 0 Å². The van der Waals surface area contributed by atoms with Gasteiger partial charge >= 0.3 is 0 Å². The van der Waals surface area contributed by atoms with Gasteiger partial charge in [0.25, 0.3) is 0 Å². The zero-order valence-corrected chi connectivity index (χ0v) is 17.0. The maximum atomic E-state index is 4.45. The first kappa shape index (κ1) is 14.4. The molecule has 0 nitrogen and oxygen atoms in total. The summed E-state index contributed by atoms with van der Waals surface area (Å²) in [6, 6.07) is 23.1. The van der Waals surface area contributed by atoms with Crippen LogP contribution in [0.1, 0.15) is 0 Å². The summed E-state index contributed by atoms with van der Waals surface area (Å²) >= 11 is 0. The Morgan fingerprint density at radius 1 is 0.538 bits per heavy atom. The van der Waals surface area contributed by atoms with Crippen molar-refractivity contribution < 1.29 is 0 Å². The Kier molecular flexibility index (Phi) is 2.36. The molecule has 4 bridgehead atoms. The molecule has 2 aliphatic carbocycles. The fourth-order valence-electron chi connectivity index (χ4n) is 9.54. The highest BCUT2D eigenvalue weighted by atomic mass is 28.3. The molecule has 0 N–H and O–H groups in total. The molecular weight excluding hydrogens is 344 g/mol. The molecule has 6 aliphatic rings. The maximum Gasteiger partial charge on any atom is 0.116 e. The third-order valence-corrected chi connectivity index (χ3v) is 21.1. The van der Waals surface area contributed by atoms with Crippen LogP contribution in [0, 0.1) is 23.7 Å². The smallest absolute Gasteiger partial charge is 0.107 e. The van der Waals surface area contributed by atoms with E-state index in [-0.39, 0.29) is 0 Å². The van der Waals surface area contributed by atoms with Gasteiger partial charge in [-0.2, -0.15) is 0 Å². The van der Waals surface area contributed by atoms with E-state index in [4.69, 9.17) is 0 Å². The lowest BCUT2D eigenvalue weighted by molar-refractivity contribution is -0.0323. The lowest BCUT2D eigenvalue weighted by Crippen LogP contribution is -2.60. The Hall–Kier alpha value is -1.65. The van der Waals surface area contributed by atoms with E-state index < -0.39 is 16.1 Å².